The van der Waals surface area contributed by atoms with E-state index in [2.05, 4.69) is 27.7 Å². The first-order valence-electron chi connectivity index (χ1n) is 14.1. The number of ether oxygens (including phenoxy) is 1. The molecule has 1 fully saturated rings. The fourth-order valence-electron chi connectivity index (χ4n) is 5.67. The van der Waals surface area contributed by atoms with Crippen molar-refractivity contribution >= 4 is 21.9 Å². The summed E-state index contributed by atoms with van der Waals surface area (Å²) in [6.45, 7) is 11.8. The minimum absolute atomic E-state index is 0.0343. The normalized spacial score (nSPS) is 26.2. The van der Waals surface area contributed by atoms with Crippen LogP contribution < -0.4 is 5.43 Å². The van der Waals surface area contributed by atoms with Gasteiger partial charge in [0.1, 0.15) is 52.8 Å². The highest BCUT2D eigenvalue weighted by Gasteiger charge is 2.46. The average molecular weight is 543 g/mol. The number of phenolic OH excluding ortho intramolecular Hbond substituents is 1. The third-order valence-electron chi connectivity index (χ3n) is 8.82. The Kier molecular flexibility index (Phi) is 8.73. The van der Waals surface area contributed by atoms with Gasteiger partial charge in [0.2, 0.25) is 5.43 Å². The van der Waals surface area contributed by atoms with Crippen molar-refractivity contribution in [2.75, 3.05) is 6.61 Å². The first kappa shape index (κ1) is 29.5. The molecule has 2 aromatic carbocycles. The van der Waals surface area contributed by atoms with Crippen molar-refractivity contribution in [2.45, 2.75) is 109 Å². The zero-order valence-electron chi connectivity index (χ0n) is 23.6. The van der Waals surface area contributed by atoms with Crippen LogP contribution in [0.25, 0.3) is 21.9 Å². The van der Waals surface area contributed by atoms with Crippen LogP contribution in [0.4, 0.5) is 0 Å². The second-order valence-corrected chi connectivity index (χ2v) is 11.2. The summed E-state index contributed by atoms with van der Waals surface area (Å²) in [5, 5.41) is 53.3. The fourth-order valence-corrected chi connectivity index (χ4v) is 5.67. The van der Waals surface area contributed by atoms with Crippen molar-refractivity contribution in [3.63, 3.8) is 0 Å². The molecule has 0 spiro atoms. The summed E-state index contributed by atoms with van der Waals surface area (Å²) < 4.78 is 12.1. The molecule has 5 N–H and O–H groups in total. The third kappa shape index (κ3) is 4.98. The topological polar surface area (TPSA) is 141 Å². The number of aliphatic hydroxyl groups excluding tert-OH is 4. The number of hydrogen-bond acceptors (Lipinski definition) is 8. The molecule has 1 saturated heterocycles. The molecule has 39 heavy (non-hydrogen) atoms. The van der Waals surface area contributed by atoms with Crippen LogP contribution in [0.3, 0.4) is 0 Å². The highest BCUT2D eigenvalue weighted by Crippen LogP contribution is 2.45. The predicted octanol–water partition coefficient (Wildman–Crippen LogP) is 4.71. The van der Waals surface area contributed by atoms with E-state index in [4.69, 9.17) is 9.15 Å². The Bertz CT molecular complexity index is 1390. The molecular formula is C31H42O8. The lowest BCUT2D eigenvalue weighted by atomic mass is 9.83. The molecule has 0 amide bonds. The maximum absolute atomic E-state index is 14.0. The summed E-state index contributed by atoms with van der Waals surface area (Å²) >= 11 is 0. The number of benzene rings is 2. The molecule has 8 heteroatoms. The van der Waals surface area contributed by atoms with Crippen LogP contribution >= 0.6 is 0 Å². The van der Waals surface area contributed by atoms with E-state index < -0.39 is 42.6 Å². The van der Waals surface area contributed by atoms with E-state index in [1.54, 1.807) is 6.07 Å². The number of rotatable bonds is 8. The quantitative estimate of drug-likeness (QED) is 0.258. The Labute approximate surface area is 228 Å². The van der Waals surface area contributed by atoms with E-state index in [1.165, 1.54) is 0 Å². The zero-order valence-corrected chi connectivity index (χ0v) is 23.6. The van der Waals surface area contributed by atoms with Crippen molar-refractivity contribution in [1.29, 1.82) is 0 Å². The van der Waals surface area contributed by atoms with Gasteiger partial charge in [0, 0.05) is 5.56 Å². The zero-order chi connectivity index (χ0) is 28.8. The predicted molar refractivity (Wildman–Crippen MR) is 150 cm³/mol. The molecule has 1 aliphatic rings. The van der Waals surface area contributed by atoms with Gasteiger partial charge >= 0.3 is 0 Å². The maximum atomic E-state index is 14.0. The van der Waals surface area contributed by atoms with Gasteiger partial charge in [-0.3, -0.25) is 4.79 Å². The molecule has 2 heterocycles. The number of aromatic hydroxyl groups is 1. The lowest BCUT2D eigenvalue weighted by molar-refractivity contribution is -0.232. The summed E-state index contributed by atoms with van der Waals surface area (Å²) in [6.07, 6.45) is -4.69. The summed E-state index contributed by atoms with van der Waals surface area (Å²) in [5.74, 6) is -0.0254. The van der Waals surface area contributed by atoms with Crippen LogP contribution in [-0.4, -0.2) is 56.6 Å². The van der Waals surface area contributed by atoms with Gasteiger partial charge in [-0.25, -0.2) is 0 Å². The largest absolute Gasteiger partial charge is 0.507 e. The van der Waals surface area contributed by atoms with Crippen molar-refractivity contribution in [2.24, 2.45) is 0 Å². The van der Waals surface area contributed by atoms with E-state index >= 15 is 0 Å². The Morgan fingerprint density at radius 3 is 1.90 bits per heavy atom. The monoisotopic (exact) mass is 542 g/mol. The molecule has 8 nitrogen and oxygen atoms in total. The molecule has 1 aromatic heterocycles. The van der Waals surface area contributed by atoms with Crippen LogP contribution in [0.1, 0.15) is 107 Å². The van der Waals surface area contributed by atoms with Crippen LogP contribution in [0, 0.1) is 0 Å². The highest BCUT2D eigenvalue weighted by atomic mass is 16.5. The van der Waals surface area contributed by atoms with Gasteiger partial charge < -0.3 is 34.7 Å². The molecule has 3 unspecified atom stereocenters. The standard InChI is InChI=1S/C31H42O8/c1-7-14(4)17-10-20-21(11-18(17)15(5)8-2)38-22-12-19(16(6)9-3)24(28(35)25(22)26(20)33)31-30(37)29(36)27(34)23(13-32)39-31/h10-12,14-16,23,27,29-32,34-37H,7-9,13H2,1-6H3/t14?,15?,16?,23-,27-,29+,30-,31+/m1/s1. The highest BCUT2D eigenvalue weighted by molar-refractivity contribution is 5.95. The summed E-state index contributed by atoms with van der Waals surface area (Å²) in [4.78, 5) is 14.0. The molecule has 8 atom stereocenters. The second kappa shape index (κ2) is 11.6. The van der Waals surface area contributed by atoms with Gasteiger partial charge in [0.25, 0.3) is 0 Å². The van der Waals surface area contributed by atoms with Crippen molar-refractivity contribution in [3.8, 4) is 5.75 Å². The van der Waals surface area contributed by atoms with Gasteiger partial charge in [-0.2, -0.15) is 0 Å². The fraction of sp³-hybridized carbons (Fsp3) is 0.581. The van der Waals surface area contributed by atoms with Crippen LogP contribution in [-0.2, 0) is 4.74 Å². The number of hydrogen-bond donors (Lipinski definition) is 5. The molecular weight excluding hydrogens is 500 g/mol. The molecule has 0 radical (unpaired) electrons. The van der Waals surface area contributed by atoms with Gasteiger partial charge in [-0.05, 0) is 71.9 Å². The molecule has 3 aromatic rings. The number of fused-ring (bicyclic) bond motifs is 2. The van der Waals surface area contributed by atoms with E-state index in [-0.39, 0.29) is 40.0 Å². The molecule has 0 aliphatic carbocycles. The number of aliphatic hydroxyl groups is 4. The Hall–Kier alpha value is -2.49. The summed E-state index contributed by atoms with van der Waals surface area (Å²) in [7, 11) is 0. The molecule has 0 bridgehead atoms. The summed E-state index contributed by atoms with van der Waals surface area (Å²) in [6, 6.07) is 5.54. The first-order valence-corrected chi connectivity index (χ1v) is 14.1. The van der Waals surface area contributed by atoms with Crippen LogP contribution in [0.2, 0.25) is 0 Å². The van der Waals surface area contributed by atoms with Gasteiger partial charge in [-0.15, -0.1) is 0 Å². The van der Waals surface area contributed by atoms with E-state index in [1.807, 2.05) is 26.0 Å². The first-order chi connectivity index (χ1) is 18.5. The van der Waals surface area contributed by atoms with Gasteiger partial charge in [-0.1, -0.05) is 41.5 Å². The Morgan fingerprint density at radius 1 is 0.795 bits per heavy atom. The van der Waals surface area contributed by atoms with E-state index in [0.717, 1.165) is 24.0 Å². The van der Waals surface area contributed by atoms with Crippen LogP contribution in [0.5, 0.6) is 5.75 Å². The Balaban J connectivity index is 2.06. The van der Waals surface area contributed by atoms with Gasteiger partial charge in [0.05, 0.1) is 12.0 Å². The molecule has 0 saturated carbocycles. The van der Waals surface area contributed by atoms with Crippen molar-refractivity contribution < 1.29 is 34.7 Å². The van der Waals surface area contributed by atoms with E-state index in [0.29, 0.717) is 23.0 Å². The maximum Gasteiger partial charge on any atom is 0.204 e. The lowest BCUT2D eigenvalue weighted by Crippen LogP contribution is -2.55. The van der Waals surface area contributed by atoms with Gasteiger partial charge in [0.15, 0.2) is 0 Å². The Morgan fingerprint density at radius 2 is 1.33 bits per heavy atom. The molecule has 4 rings (SSSR count). The molecule has 1 aliphatic heterocycles. The number of phenols is 1. The smallest absolute Gasteiger partial charge is 0.204 e. The molecule has 214 valence electrons. The van der Waals surface area contributed by atoms with E-state index in [9.17, 15) is 30.3 Å². The van der Waals surface area contributed by atoms with Crippen LogP contribution in [0.15, 0.2) is 27.4 Å². The minimum atomic E-state index is -1.62. The van der Waals surface area contributed by atoms with Crippen molar-refractivity contribution in [1.82, 2.24) is 0 Å². The van der Waals surface area contributed by atoms with Crippen molar-refractivity contribution in [3.05, 3.63) is 50.7 Å². The SMILES string of the molecule is CCC(C)c1cc2oc3cc(C(C)CC)c([C@@H]4O[C@H](CO)[C@@H](O)[C@H](O)[C@H]4O)c(O)c3c(=O)c2cc1C(C)CC. The summed E-state index contributed by atoms with van der Waals surface area (Å²) in [5.41, 5.74) is 3.24. The lowest BCUT2D eigenvalue weighted by Gasteiger charge is -2.41. The minimum Gasteiger partial charge on any atom is -0.507 e. The third-order valence-corrected chi connectivity index (χ3v) is 8.82. The second-order valence-electron chi connectivity index (χ2n) is 11.2. The average Bonchev–Trinajstić information content (AvgIpc) is 2.94.